The van der Waals surface area contributed by atoms with E-state index in [2.05, 4.69) is 34.0 Å². The summed E-state index contributed by atoms with van der Waals surface area (Å²) in [5.41, 5.74) is 1.00. The maximum absolute atomic E-state index is 13.5. The monoisotopic (exact) mass is 734 g/mol. The molecule has 3 N–H and O–H groups in total. The Kier molecular flexibility index (Phi) is 13.4. The van der Waals surface area contributed by atoms with Crippen LogP contribution in [0.5, 0.6) is 5.75 Å². The summed E-state index contributed by atoms with van der Waals surface area (Å²) in [4.78, 5) is 58.3. The molecule has 5 rings (SSSR count). The first-order chi connectivity index (χ1) is 23.7. The van der Waals surface area contributed by atoms with Crippen molar-refractivity contribution in [2.75, 3.05) is 63.9 Å². The van der Waals surface area contributed by atoms with Crippen molar-refractivity contribution in [1.29, 1.82) is 0 Å². The van der Waals surface area contributed by atoms with E-state index in [4.69, 9.17) is 9.47 Å². The second kappa shape index (κ2) is 17.5. The Hall–Kier alpha value is -2.66. The molecule has 12 nitrogen and oxygen atoms in total. The summed E-state index contributed by atoms with van der Waals surface area (Å²) in [6.07, 6.45) is 6.57. The zero-order valence-electron chi connectivity index (χ0n) is 28.3. The van der Waals surface area contributed by atoms with Gasteiger partial charge in [-0.1, -0.05) is 44.1 Å². The number of rotatable bonds is 18. The van der Waals surface area contributed by atoms with Gasteiger partial charge in [0.1, 0.15) is 36.1 Å². The van der Waals surface area contributed by atoms with E-state index < -0.39 is 11.7 Å². The number of morpholine rings is 1. The van der Waals surface area contributed by atoms with Gasteiger partial charge in [0.2, 0.25) is 0 Å². The highest BCUT2D eigenvalue weighted by Gasteiger charge is 2.52. The van der Waals surface area contributed by atoms with Crippen LogP contribution in [0.3, 0.4) is 0 Å². The number of benzene rings is 1. The maximum atomic E-state index is 13.5. The second-order valence-electron chi connectivity index (χ2n) is 13.3. The molecule has 1 unspecified atom stereocenters. The predicted molar refractivity (Wildman–Crippen MR) is 194 cm³/mol. The minimum atomic E-state index is -0.557. The van der Waals surface area contributed by atoms with Crippen molar-refractivity contribution in [2.24, 2.45) is 0 Å². The SMILES string of the molecule is CC(C)c1nc(C(=O)[N@+]2(C=O)CCOC3(CCN(CCCCCCSCCNCC(OC=O)c4ccc(O)c5[nH]c(=O)sc45)CC3)C2)cs1. The molecule has 268 valence electrons. The molecule has 15 heteroatoms. The third-order valence-electron chi connectivity index (χ3n) is 9.50. The van der Waals surface area contributed by atoms with E-state index in [0.29, 0.717) is 54.2 Å². The number of nitrogens with zero attached hydrogens (tertiary/aromatic N) is 3. The number of aromatic nitrogens is 2. The molecule has 3 aromatic rings. The molecule has 1 spiro atoms. The standard InChI is InChI=1S/C34H47N5O7S3/c1-24(2)31-36-26(20-48-31)32(43)39(22-40)15-16-46-34(21-39)9-13-38(14-10-34)12-5-3-4-6-17-47-18-11-35-19-28(45-23-41)25-7-8-27(42)29-30(25)49-33(44)37-29/h7-8,20,22-24,28,35H,3-6,9-19,21H2,1-2H3,(H-,37,42,44)/p+1/t28?,39-/m1/s1. The quantitative estimate of drug-likeness (QED) is 0.0952. The molecule has 2 aromatic heterocycles. The number of H-pyrrole nitrogens is 1. The van der Waals surface area contributed by atoms with E-state index >= 15 is 0 Å². The van der Waals surface area contributed by atoms with Crippen molar-refractivity contribution in [2.45, 2.75) is 70.0 Å². The van der Waals surface area contributed by atoms with E-state index in [9.17, 15) is 24.3 Å². The maximum Gasteiger partial charge on any atom is 0.372 e. The van der Waals surface area contributed by atoms with Crippen LogP contribution in [0.15, 0.2) is 22.3 Å². The number of quaternary nitrogens is 1. The minimum absolute atomic E-state index is 0.00812. The highest BCUT2D eigenvalue weighted by Crippen LogP contribution is 2.35. The molecular formula is C34H48N5O7S3+. The summed E-state index contributed by atoms with van der Waals surface area (Å²) in [7, 11) is 0. The van der Waals surface area contributed by atoms with Gasteiger partial charge in [-0.05, 0) is 44.0 Å². The molecular weight excluding hydrogens is 687 g/mol. The van der Waals surface area contributed by atoms with Crippen LogP contribution < -0.4 is 10.2 Å². The molecule has 2 atom stereocenters. The average molecular weight is 735 g/mol. The molecule has 1 aromatic carbocycles. The number of ether oxygens (including phenoxy) is 2. The van der Waals surface area contributed by atoms with Gasteiger partial charge in [0.25, 0.3) is 6.47 Å². The lowest BCUT2D eigenvalue weighted by Crippen LogP contribution is -2.67. The number of fused-ring (bicyclic) bond motifs is 1. The molecule has 2 fully saturated rings. The number of hydrogen-bond donors (Lipinski definition) is 3. The number of amides is 2. The summed E-state index contributed by atoms with van der Waals surface area (Å²) in [5, 5.41) is 16.1. The number of thioether (sulfide) groups is 1. The molecule has 2 aliphatic heterocycles. The van der Waals surface area contributed by atoms with Gasteiger partial charge in [-0.15, -0.1) is 11.3 Å². The largest absolute Gasteiger partial charge is 0.506 e. The molecule has 0 bridgehead atoms. The number of nitrogens with one attached hydrogen (secondary N) is 2. The minimum Gasteiger partial charge on any atom is -0.506 e. The number of carbonyl (C=O) groups is 3. The summed E-state index contributed by atoms with van der Waals surface area (Å²) in [5.74, 6) is 2.05. The van der Waals surface area contributed by atoms with Crippen LogP contribution in [0.4, 0.5) is 0 Å². The van der Waals surface area contributed by atoms with Gasteiger partial charge in [-0.3, -0.25) is 9.59 Å². The molecule has 0 radical (unpaired) electrons. The van der Waals surface area contributed by atoms with Crippen molar-refractivity contribution < 1.29 is 33.4 Å². The summed E-state index contributed by atoms with van der Waals surface area (Å²) < 4.78 is 12.0. The number of aromatic amines is 1. The molecule has 2 amide bonds. The predicted octanol–water partition coefficient (Wildman–Crippen LogP) is 4.65. The number of imide groups is 1. The van der Waals surface area contributed by atoms with Gasteiger partial charge in [-0.2, -0.15) is 16.2 Å². The Labute approximate surface area is 299 Å². The van der Waals surface area contributed by atoms with E-state index in [1.807, 2.05) is 11.8 Å². The number of likely N-dealkylation sites (tertiary alicyclic amines) is 1. The topological polar surface area (TPSA) is 151 Å². The highest BCUT2D eigenvalue weighted by atomic mass is 32.2. The zero-order chi connectivity index (χ0) is 34.9. The van der Waals surface area contributed by atoms with Gasteiger partial charge < -0.3 is 29.8 Å². The fourth-order valence-electron chi connectivity index (χ4n) is 6.70. The lowest BCUT2D eigenvalue weighted by Gasteiger charge is -2.48. The van der Waals surface area contributed by atoms with E-state index in [-0.39, 0.29) is 26.9 Å². The summed E-state index contributed by atoms with van der Waals surface area (Å²) >= 11 is 4.37. The van der Waals surface area contributed by atoms with Crippen molar-refractivity contribution >= 4 is 63.4 Å². The lowest BCUT2D eigenvalue weighted by atomic mass is 9.88. The number of thiazole rings is 2. The fourth-order valence-corrected chi connectivity index (χ4v) is 9.33. The van der Waals surface area contributed by atoms with Crippen molar-refractivity contribution in [3.63, 3.8) is 0 Å². The summed E-state index contributed by atoms with van der Waals surface area (Å²) in [6, 6.07) is 3.19. The fraction of sp³-hybridized carbons (Fsp3) is 0.618. The Morgan fingerprint density at radius 1 is 1.22 bits per heavy atom. The highest BCUT2D eigenvalue weighted by molar-refractivity contribution is 7.99. The zero-order valence-corrected chi connectivity index (χ0v) is 30.8. The Balaban J connectivity index is 0.940. The molecule has 0 aliphatic carbocycles. The van der Waals surface area contributed by atoms with E-state index in [1.165, 1.54) is 30.2 Å². The third-order valence-corrected chi connectivity index (χ3v) is 12.6. The Morgan fingerprint density at radius 2 is 2.02 bits per heavy atom. The smallest absolute Gasteiger partial charge is 0.372 e. The number of phenols is 1. The van der Waals surface area contributed by atoms with Crippen molar-refractivity contribution in [3.05, 3.63) is 43.4 Å². The van der Waals surface area contributed by atoms with Crippen LogP contribution in [0.25, 0.3) is 10.2 Å². The summed E-state index contributed by atoms with van der Waals surface area (Å²) in [6.45, 7) is 9.71. The van der Waals surface area contributed by atoms with Crippen LogP contribution >= 0.6 is 34.4 Å². The van der Waals surface area contributed by atoms with Crippen LogP contribution in [-0.2, 0) is 19.1 Å². The molecule has 2 aliphatic rings. The Morgan fingerprint density at radius 3 is 2.76 bits per heavy atom. The number of carbonyl (C=O) groups excluding carboxylic acids is 3. The second-order valence-corrected chi connectivity index (χ2v) is 16.4. The molecule has 0 saturated carbocycles. The van der Waals surface area contributed by atoms with E-state index in [1.54, 1.807) is 11.4 Å². The van der Waals surface area contributed by atoms with Gasteiger partial charge in [0.05, 0.1) is 16.3 Å². The molecule has 4 heterocycles. The number of hydrogen-bond acceptors (Lipinski definition) is 13. The van der Waals surface area contributed by atoms with Crippen molar-refractivity contribution in [1.82, 2.24) is 20.2 Å². The van der Waals surface area contributed by atoms with Crippen molar-refractivity contribution in [3.8, 4) is 5.75 Å². The van der Waals surface area contributed by atoms with Gasteiger partial charge >= 0.3 is 17.2 Å². The van der Waals surface area contributed by atoms with Gasteiger partial charge in [0, 0.05) is 48.8 Å². The van der Waals surface area contributed by atoms with Gasteiger partial charge in [-0.25, -0.2) is 14.6 Å². The first-order valence-corrected chi connectivity index (χ1v) is 20.0. The number of aromatic hydroxyl groups is 1. The lowest BCUT2D eigenvalue weighted by molar-refractivity contribution is -0.785. The number of phenolic OH excluding ortho intramolecular Hbond substituents is 1. The van der Waals surface area contributed by atoms with Crippen LogP contribution in [-0.4, -0.2) is 113 Å². The van der Waals surface area contributed by atoms with E-state index in [0.717, 1.165) is 86.1 Å². The normalized spacial score (nSPS) is 20.1. The van der Waals surface area contributed by atoms with Crippen LogP contribution in [0, 0.1) is 0 Å². The number of piperidine rings is 1. The number of unbranched alkanes of at least 4 members (excludes halogenated alkanes) is 3. The Bertz CT molecular complexity index is 1620. The van der Waals surface area contributed by atoms with Crippen LogP contribution in [0.2, 0.25) is 0 Å². The first-order valence-electron chi connectivity index (χ1n) is 17.1. The third kappa shape index (κ3) is 9.37. The van der Waals surface area contributed by atoms with Gasteiger partial charge in [0.15, 0.2) is 5.69 Å². The first kappa shape index (κ1) is 37.6. The molecule has 49 heavy (non-hydrogen) atoms. The average Bonchev–Trinajstić information content (AvgIpc) is 3.75. The molecule has 2 saturated heterocycles. The van der Waals surface area contributed by atoms with Crippen LogP contribution in [0.1, 0.15) is 85.5 Å².